The van der Waals surface area contributed by atoms with Gasteiger partial charge >= 0.3 is 0 Å². The molecule has 2 rings (SSSR count). The van der Waals surface area contributed by atoms with Crippen molar-refractivity contribution in [2.75, 3.05) is 18.4 Å². The fraction of sp³-hybridized carbons (Fsp3) is 0.125. The third-order valence-electron chi connectivity index (χ3n) is 3.09. The molecule has 1 amide bonds. The van der Waals surface area contributed by atoms with Crippen LogP contribution < -0.4 is 10.6 Å². The third-order valence-corrected chi connectivity index (χ3v) is 3.09. The average Bonchev–Trinajstić information content (AvgIpc) is 2.59. The molecule has 0 bridgehead atoms. The van der Waals surface area contributed by atoms with Crippen molar-refractivity contribution in [3.63, 3.8) is 0 Å². The maximum absolute atomic E-state index is 11.9. The molecule has 0 heterocycles. The Bertz CT molecular complexity index is 733. The van der Waals surface area contributed by atoms with Crippen molar-refractivity contribution in [3.8, 4) is 6.07 Å². The number of benzene rings is 2. The van der Waals surface area contributed by atoms with Crippen LogP contribution in [0, 0.1) is 21.4 Å². The Balaban J connectivity index is 1.77. The molecule has 0 aliphatic carbocycles. The Kier molecular flexibility index (Phi) is 5.25. The Morgan fingerprint density at radius 1 is 1.09 bits per heavy atom. The van der Waals surface area contributed by atoms with E-state index in [9.17, 15) is 14.9 Å². The molecule has 0 aromatic heterocycles. The van der Waals surface area contributed by atoms with Crippen LogP contribution in [0.5, 0.6) is 0 Å². The summed E-state index contributed by atoms with van der Waals surface area (Å²) >= 11 is 0. The minimum Gasteiger partial charge on any atom is -0.383 e. The highest BCUT2D eigenvalue weighted by atomic mass is 16.6. The highest BCUT2D eigenvalue weighted by Crippen LogP contribution is 2.14. The highest BCUT2D eigenvalue weighted by molar-refractivity contribution is 5.94. The molecule has 0 unspecified atom stereocenters. The number of nitriles is 1. The summed E-state index contributed by atoms with van der Waals surface area (Å²) < 4.78 is 0. The summed E-state index contributed by atoms with van der Waals surface area (Å²) in [5.41, 5.74) is 1.76. The first-order valence-corrected chi connectivity index (χ1v) is 6.87. The topological polar surface area (TPSA) is 108 Å². The van der Waals surface area contributed by atoms with E-state index in [1.54, 1.807) is 36.4 Å². The Hall–Kier alpha value is -3.40. The smallest absolute Gasteiger partial charge is 0.269 e. The first-order valence-electron chi connectivity index (χ1n) is 6.87. The second kappa shape index (κ2) is 7.56. The third kappa shape index (κ3) is 4.54. The fourth-order valence-electron chi connectivity index (χ4n) is 1.88. The molecule has 0 atom stereocenters. The number of rotatable bonds is 6. The van der Waals surface area contributed by atoms with E-state index in [-0.39, 0.29) is 11.6 Å². The van der Waals surface area contributed by atoms with Crippen LogP contribution in [0.2, 0.25) is 0 Å². The summed E-state index contributed by atoms with van der Waals surface area (Å²) in [5, 5.41) is 25.0. The van der Waals surface area contributed by atoms with Crippen LogP contribution in [0.15, 0.2) is 48.5 Å². The minimum absolute atomic E-state index is 0.0321. The molecule has 7 nitrogen and oxygen atoms in total. The van der Waals surface area contributed by atoms with Crippen molar-refractivity contribution in [2.45, 2.75) is 0 Å². The van der Waals surface area contributed by atoms with E-state index >= 15 is 0 Å². The highest BCUT2D eigenvalue weighted by Gasteiger charge is 2.05. The number of carbonyl (C=O) groups excluding carboxylic acids is 1. The summed E-state index contributed by atoms with van der Waals surface area (Å²) in [4.78, 5) is 22.0. The van der Waals surface area contributed by atoms with E-state index in [0.717, 1.165) is 5.69 Å². The second-order valence-electron chi connectivity index (χ2n) is 4.68. The van der Waals surface area contributed by atoms with Gasteiger partial charge in [0.1, 0.15) is 0 Å². The number of anilines is 1. The standard InChI is InChI=1S/C16H14N4O3/c17-11-12-1-3-13(4-2-12)16(21)19-10-9-18-14-5-7-15(8-6-14)20(22)23/h1-8,18H,9-10H2,(H,19,21). The monoisotopic (exact) mass is 310 g/mol. The van der Waals surface area contributed by atoms with Crippen LogP contribution in [0.1, 0.15) is 15.9 Å². The van der Waals surface area contributed by atoms with Crippen molar-refractivity contribution in [1.82, 2.24) is 5.32 Å². The van der Waals surface area contributed by atoms with Gasteiger partial charge in [0.15, 0.2) is 0 Å². The van der Waals surface area contributed by atoms with Gasteiger partial charge in [-0.25, -0.2) is 0 Å². The first kappa shape index (κ1) is 16.0. The van der Waals surface area contributed by atoms with E-state index in [0.29, 0.717) is 24.2 Å². The zero-order chi connectivity index (χ0) is 16.7. The molecule has 2 aromatic rings. The number of nitro benzene ring substituents is 1. The lowest BCUT2D eigenvalue weighted by Gasteiger charge is -2.08. The number of hydrogen-bond acceptors (Lipinski definition) is 5. The van der Waals surface area contributed by atoms with Crippen molar-refractivity contribution >= 4 is 17.3 Å². The number of nitrogens with one attached hydrogen (secondary N) is 2. The van der Waals surface area contributed by atoms with Crippen LogP contribution in [0.4, 0.5) is 11.4 Å². The summed E-state index contributed by atoms with van der Waals surface area (Å²) in [6, 6.07) is 14.4. The molecule has 0 radical (unpaired) electrons. The predicted octanol–water partition coefficient (Wildman–Crippen LogP) is 2.31. The van der Waals surface area contributed by atoms with Gasteiger partial charge in [-0.05, 0) is 36.4 Å². The molecule has 0 saturated heterocycles. The molecule has 0 spiro atoms. The van der Waals surface area contributed by atoms with Crippen molar-refractivity contribution in [1.29, 1.82) is 5.26 Å². The maximum atomic E-state index is 11.9. The van der Waals surface area contributed by atoms with Gasteiger partial charge in [0.2, 0.25) is 0 Å². The van der Waals surface area contributed by atoms with Gasteiger partial charge in [0.25, 0.3) is 11.6 Å². The van der Waals surface area contributed by atoms with E-state index in [1.165, 1.54) is 12.1 Å². The number of amides is 1. The predicted molar refractivity (Wildman–Crippen MR) is 85.1 cm³/mol. The molecular weight excluding hydrogens is 296 g/mol. The van der Waals surface area contributed by atoms with E-state index < -0.39 is 4.92 Å². The lowest BCUT2D eigenvalue weighted by molar-refractivity contribution is -0.384. The molecule has 0 aliphatic heterocycles. The van der Waals surface area contributed by atoms with Crippen LogP contribution in [0.25, 0.3) is 0 Å². The number of non-ortho nitro benzene ring substituents is 1. The molecule has 0 aliphatic rings. The first-order chi connectivity index (χ1) is 11.1. The molecular formula is C16H14N4O3. The van der Waals surface area contributed by atoms with Gasteiger partial charge in [-0.2, -0.15) is 5.26 Å². The summed E-state index contributed by atoms with van der Waals surface area (Å²) in [7, 11) is 0. The molecule has 7 heteroatoms. The Morgan fingerprint density at radius 3 is 2.30 bits per heavy atom. The minimum atomic E-state index is -0.457. The van der Waals surface area contributed by atoms with Gasteiger partial charge in [-0.15, -0.1) is 0 Å². The zero-order valence-electron chi connectivity index (χ0n) is 12.2. The van der Waals surface area contributed by atoms with Crippen LogP contribution in [-0.2, 0) is 0 Å². The lowest BCUT2D eigenvalue weighted by Crippen LogP contribution is -2.28. The zero-order valence-corrected chi connectivity index (χ0v) is 12.2. The number of hydrogen-bond donors (Lipinski definition) is 2. The second-order valence-corrected chi connectivity index (χ2v) is 4.68. The van der Waals surface area contributed by atoms with Crippen LogP contribution in [0.3, 0.4) is 0 Å². The molecule has 0 saturated carbocycles. The van der Waals surface area contributed by atoms with Gasteiger partial charge in [0.05, 0.1) is 16.6 Å². The quantitative estimate of drug-likeness (QED) is 0.483. The summed E-state index contributed by atoms with van der Waals surface area (Å²) in [5.74, 6) is -0.222. The van der Waals surface area contributed by atoms with Crippen molar-refractivity contribution in [2.24, 2.45) is 0 Å². The van der Waals surface area contributed by atoms with Crippen LogP contribution >= 0.6 is 0 Å². The molecule has 0 fully saturated rings. The van der Waals surface area contributed by atoms with Gasteiger partial charge in [0, 0.05) is 36.5 Å². The molecule has 2 aromatic carbocycles. The summed E-state index contributed by atoms with van der Waals surface area (Å²) in [6.07, 6.45) is 0. The number of nitro groups is 1. The van der Waals surface area contributed by atoms with Gasteiger partial charge < -0.3 is 10.6 Å². The molecule has 2 N–H and O–H groups in total. The summed E-state index contributed by atoms with van der Waals surface area (Å²) in [6.45, 7) is 0.885. The fourth-order valence-corrected chi connectivity index (χ4v) is 1.88. The van der Waals surface area contributed by atoms with Gasteiger partial charge in [-0.3, -0.25) is 14.9 Å². The van der Waals surface area contributed by atoms with Crippen molar-refractivity contribution < 1.29 is 9.72 Å². The number of nitrogens with zero attached hydrogens (tertiary/aromatic N) is 2. The van der Waals surface area contributed by atoms with E-state index in [1.807, 2.05) is 6.07 Å². The average molecular weight is 310 g/mol. The van der Waals surface area contributed by atoms with Gasteiger partial charge in [-0.1, -0.05) is 0 Å². The van der Waals surface area contributed by atoms with E-state index in [2.05, 4.69) is 10.6 Å². The van der Waals surface area contributed by atoms with Crippen molar-refractivity contribution in [3.05, 3.63) is 69.8 Å². The Labute approximate surface area is 132 Å². The normalized spacial score (nSPS) is 9.70. The van der Waals surface area contributed by atoms with E-state index in [4.69, 9.17) is 5.26 Å². The van der Waals surface area contributed by atoms with Crippen LogP contribution in [-0.4, -0.2) is 23.9 Å². The Morgan fingerprint density at radius 2 is 1.74 bits per heavy atom. The SMILES string of the molecule is N#Cc1ccc(C(=O)NCCNc2ccc([N+](=O)[O-])cc2)cc1. The molecule has 23 heavy (non-hydrogen) atoms. The number of carbonyl (C=O) groups is 1. The lowest BCUT2D eigenvalue weighted by atomic mass is 10.1. The largest absolute Gasteiger partial charge is 0.383 e. The molecule has 116 valence electrons. The maximum Gasteiger partial charge on any atom is 0.269 e.